The first kappa shape index (κ1) is 28.1. The number of anilines is 3. The predicted octanol–water partition coefficient (Wildman–Crippen LogP) is 5.42. The van der Waals surface area contributed by atoms with Crippen LogP contribution in [0.2, 0.25) is 5.02 Å². The monoisotopic (exact) mass is 587 g/mol. The highest BCUT2D eigenvalue weighted by Gasteiger charge is 2.28. The van der Waals surface area contributed by atoms with Crippen molar-refractivity contribution < 1.29 is 26.0 Å². The van der Waals surface area contributed by atoms with Crippen molar-refractivity contribution in [2.75, 3.05) is 20.9 Å². The number of hydrogen-bond acceptors (Lipinski definition) is 5. The molecule has 0 aliphatic rings. The van der Waals surface area contributed by atoms with E-state index < -0.39 is 38.3 Å². The van der Waals surface area contributed by atoms with Crippen molar-refractivity contribution in [2.45, 2.75) is 16.7 Å². The summed E-state index contributed by atoms with van der Waals surface area (Å²) in [6, 6.07) is 22.5. The molecule has 12 heteroatoms. The van der Waals surface area contributed by atoms with E-state index in [-0.39, 0.29) is 26.9 Å². The molecule has 0 atom stereocenters. The molecule has 0 fully saturated rings. The maximum Gasteiger partial charge on any atom is 0.264 e. The van der Waals surface area contributed by atoms with Crippen molar-refractivity contribution in [3.8, 4) is 0 Å². The third kappa shape index (κ3) is 6.75. The van der Waals surface area contributed by atoms with Crippen LogP contribution in [-0.2, 0) is 24.8 Å². The van der Waals surface area contributed by atoms with Gasteiger partial charge in [0.1, 0.15) is 12.4 Å². The van der Waals surface area contributed by atoms with E-state index >= 15 is 0 Å². The summed E-state index contributed by atoms with van der Waals surface area (Å²) in [6.45, 7) is 1.14. The standard InChI is InChI=1S/C27H23ClFN3O5S2/c1-19-17-20(28)7-16-26(19)32(39(36,37)25-5-3-2-4-6-25)18-27(33)30-22-12-14-24(15-13-22)38(34,35)31-23-10-8-21(29)9-11-23/h2-17,31H,18H2,1H3,(H,30,33). The lowest BCUT2D eigenvalue weighted by atomic mass is 10.2. The fraction of sp³-hybridized carbons (Fsp3) is 0.0741. The zero-order valence-corrected chi connectivity index (χ0v) is 22.9. The Hall–Kier alpha value is -3.93. The first-order valence-electron chi connectivity index (χ1n) is 11.5. The van der Waals surface area contributed by atoms with Crippen LogP contribution >= 0.6 is 11.6 Å². The molecule has 8 nitrogen and oxygen atoms in total. The Balaban J connectivity index is 1.54. The Morgan fingerprint density at radius 1 is 0.821 bits per heavy atom. The number of aryl methyl sites for hydroxylation is 1. The van der Waals surface area contributed by atoms with Gasteiger partial charge in [0.2, 0.25) is 5.91 Å². The van der Waals surface area contributed by atoms with Crippen LogP contribution in [0.3, 0.4) is 0 Å². The third-order valence-corrected chi connectivity index (χ3v) is 9.00. The topological polar surface area (TPSA) is 113 Å². The van der Waals surface area contributed by atoms with Gasteiger partial charge >= 0.3 is 0 Å². The molecular formula is C27H23ClFN3O5S2. The molecule has 0 aliphatic carbocycles. The minimum atomic E-state index is -4.12. The van der Waals surface area contributed by atoms with Crippen molar-refractivity contribution in [1.82, 2.24) is 0 Å². The third-order valence-electron chi connectivity index (χ3n) is 5.59. The molecule has 4 aromatic carbocycles. The lowest BCUT2D eigenvalue weighted by molar-refractivity contribution is -0.114. The van der Waals surface area contributed by atoms with E-state index in [2.05, 4.69) is 10.0 Å². The van der Waals surface area contributed by atoms with Gasteiger partial charge < -0.3 is 5.32 Å². The number of carbonyl (C=O) groups is 1. The van der Waals surface area contributed by atoms with Crippen molar-refractivity contribution in [3.05, 3.63) is 113 Å². The summed E-state index contributed by atoms with van der Waals surface area (Å²) in [4.78, 5) is 12.9. The summed E-state index contributed by atoms with van der Waals surface area (Å²) in [5.74, 6) is -1.15. The summed E-state index contributed by atoms with van der Waals surface area (Å²) in [6.07, 6.45) is 0. The van der Waals surface area contributed by atoms with Crippen LogP contribution in [0.1, 0.15) is 5.56 Å². The lowest BCUT2D eigenvalue weighted by Crippen LogP contribution is -2.38. The molecule has 1 amide bonds. The number of carbonyl (C=O) groups excluding carboxylic acids is 1. The molecule has 0 spiro atoms. The molecule has 39 heavy (non-hydrogen) atoms. The number of hydrogen-bond donors (Lipinski definition) is 2. The summed E-state index contributed by atoms with van der Waals surface area (Å²) in [5.41, 5.74) is 1.28. The second kappa shape index (κ2) is 11.4. The molecule has 2 N–H and O–H groups in total. The van der Waals surface area contributed by atoms with E-state index in [9.17, 15) is 26.0 Å². The van der Waals surface area contributed by atoms with Gasteiger partial charge in [-0.15, -0.1) is 0 Å². The quantitative estimate of drug-likeness (QED) is 0.271. The zero-order chi connectivity index (χ0) is 28.2. The Bertz CT molecular complexity index is 1700. The molecular weight excluding hydrogens is 565 g/mol. The number of nitrogens with zero attached hydrogens (tertiary/aromatic N) is 1. The molecule has 4 rings (SSSR count). The van der Waals surface area contributed by atoms with Gasteiger partial charge in [-0.3, -0.25) is 13.8 Å². The normalized spacial score (nSPS) is 11.6. The van der Waals surface area contributed by atoms with E-state index in [1.807, 2.05) is 0 Å². The Labute approximate surface area is 231 Å². The first-order chi connectivity index (χ1) is 18.5. The van der Waals surface area contributed by atoms with E-state index in [1.165, 1.54) is 60.7 Å². The fourth-order valence-electron chi connectivity index (χ4n) is 3.70. The molecule has 0 bridgehead atoms. The number of benzene rings is 4. The van der Waals surface area contributed by atoms with Crippen molar-refractivity contribution in [3.63, 3.8) is 0 Å². The Kier molecular flexibility index (Phi) is 8.24. The van der Waals surface area contributed by atoms with Gasteiger partial charge in [-0.25, -0.2) is 21.2 Å². The van der Waals surface area contributed by atoms with Gasteiger partial charge in [0.25, 0.3) is 20.0 Å². The van der Waals surface area contributed by atoms with Gasteiger partial charge in [0.15, 0.2) is 0 Å². The average Bonchev–Trinajstić information content (AvgIpc) is 2.90. The van der Waals surface area contributed by atoms with Crippen LogP contribution in [0.25, 0.3) is 0 Å². The molecule has 202 valence electrons. The first-order valence-corrected chi connectivity index (χ1v) is 14.8. The average molecular weight is 588 g/mol. The van der Waals surface area contributed by atoms with E-state index in [1.54, 1.807) is 31.2 Å². The van der Waals surface area contributed by atoms with Crippen LogP contribution in [0, 0.1) is 12.7 Å². The zero-order valence-electron chi connectivity index (χ0n) is 20.5. The predicted molar refractivity (Wildman–Crippen MR) is 149 cm³/mol. The molecule has 0 heterocycles. The highest BCUT2D eigenvalue weighted by molar-refractivity contribution is 7.93. The minimum Gasteiger partial charge on any atom is -0.325 e. The molecule has 0 saturated heterocycles. The van der Waals surface area contributed by atoms with Crippen LogP contribution in [0.4, 0.5) is 21.5 Å². The van der Waals surface area contributed by atoms with Crippen molar-refractivity contribution >= 4 is 54.6 Å². The lowest BCUT2D eigenvalue weighted by Gasteiger charge is -2.25. The van der Waals surface area contributed by atoms with Gasteiger partial charge in [-0.1, -0.05) is 29.8 Å². The molecule has 0 radical (unpaired) electrons. The second-order valence-electron chi connectivity index (χ2n) is 8.44. The van der Waals surface area contributed by atoms with Crippen molar-refractivity contribution in [2.24, 2.45) is 0 Å². The Morgan fingerprint density at radius 3 is 2.05 bits per heavy atom. The molecule has 4 aromatic rings. The number of nitrogens with one attached hydrogen (secondary N) is 2. The summed E-state index contributed by atoms with van der Waals surface area (Å²) < 4.78 is 68.7. The summed E-state index contributed by atoms with van der Waals surface area (Å²) in [7, 11) is -8.09. The van der Waals surface area contributed by atoms with E-state index in [0.717, 1.165) is 16.4 Å². The summed E-state index contributed by atoms with van der Waals surface area (Å²) >= 11 is 6.05. The number of amides is 1. The number of rotatable bonds is 9. The maximum atomic E-state index is 13.5. The van der Waals surface area contributed by atoms with Crippen LogP contribution < -0.4 is 14.3 Å². The SMILES string of the molecule is Cc1cc(Cl)ccc1N(CC(=O)Nc1ccc(S(=O)(=O)Nc2ccc(F)cc2)cc1)S(=O)(=O)c1ccccc1. The largest absolute Gasteiger partial charge is 0.325 e. The summed E-state index contributed by atoms with van der Waals surface area (Å²) in [5, 5.41) is 3.02. The minimum absolute atomic E-state index is 0.00960. The van der Waals surface area contributed by atoms with Crippen LogP contribution in [-0.4, -0.2) is 29.3 Å². The molecule has 0 aliphatic heterocycles. The second-order valence-corrected chi connectivity index (χ2v) is 12.4. The highest BCUT2D eigenvalue weighted by Crippen LogP contribution is 2.29. The number of sulfonamides is 2. The maximum absolute atomic E-state index is 13.5. The molecule has 0 saturated carbocycles. The van der Waals surface area contributed by atoms with Crippen LogP contribution in [0.15, 0.2) is 107 Å². The molecule has 0 aromatic heterocycles. The van der Waals surface area contributed by atoms with Gasteiger partial charge in [-0.05, 0) is 91.3 Å². The number of halogens is 2. The smallest absolute Gasteiger partial charge is 0.264 e. The van der Waals surface area contributed by atoms with Crippen molar-refractivity contribution in [1.29, 1.82) is 0 Å². The Morgan fingerprint density at radius 2 is 1.44 bits per heavy atom. The van der Waals surface area contributed by atoms with Gasteiger partial charge in [0.05, 0.1) is 15.5 Å². The van der Waals surface area contributed by atoms with E-state index in [4.69, 9.17) is 11.6 Å². The molecule has 0 unspecified atom stereocenters. The van der Waals surface area contributed by atoms with Gasteiger partial charge in [-0.2, -0.15) is 0 Å². The van der Waals surface area contributed by atoms with Gasteiger partial charge in [0, 0.05) is 16.4 Å². The highest BCUT2D eigenvalue weighted by atomic mass is 35.5. The van der Waals surface area contributed by atoms with Crippen LogP contribution in [0.5, 0.6) is 0 Å². The van der Waals surface area contributed by atoms with E-state index in [0.29, 0.717) is 10.6 Å². The fourth-order valence-corrected chi connectivity index (χ4v) is 6.49.